The third-order valence-corrected chi connectivity index (χ3v) is 5.59. The molecule has 1 aromatic carbocycles. The monoisotopic (exact) mass is 410 g/mol. The summed E-state index contributed by atoms with van der Waals surface area (Å²) in [4.78, 5) is 16.9. The van der Waals surface area contributed by atoms with Gasteiger partial charge in [-0.3, -0.25) is 9.80 Å². The highest BCUT2D eigenvalue weighted by molar-refractivity contribution is 9.10. The molecule has 3 rings (SSSR count). The molecule has 0 bridgehead atoms. The van der Waals surface area contributed by atoms with Gasteiger partial charge >= 0.3 is 6.09 Å². The van der Waals surface area contributed by atoms with Crippen LogP contribution in [0.5, 0.6) is 5.75 Å². The van der Waals surface area contributed by atoms with Crippen molar-refractivity contribution in [2.45, 2.75) is 51.3 Å². The standard InChI is InChI=1S/C19H27BrN2O3/c1-18(2,3)25-17(23)22-11-10-21(13-19(22)8-9-19)12-14-15(20)6-5-7-16(14)24-4/h5-7H,8-13H2,1-4H3. The summed E-state index contributed by atoms with van der Waals surface area (Å²) in [6.07, 6.45) is 1.93. The van der Waals surface area contributed by atoms with Gasteiger partial charge in [0.05, 0.1) is 12.6 Å². The van der Waals surface area contributed by atoms with Gasteiger partial charge in [0.25, 0.3) is 0 Å². The molecule has 1 aliphatic heterocycles. The first-order chi connectivity index (χ1) is 11.7. The first kappa shape index (κ1) is 18.5. The van der Waals surface area contributed by atoms with Crippen molar-refractivity contribution in [1.82, 2.24) is 9.80 Å². The number of benzene rings is 1. The molecule has 1 saturated heterocycles. The molecule has 1 aliphatic carbocycles. The molecule has 6 heteroatoms. The minimum Gasteiger partial charge on any atom is -0.496 e. The molecule has 2 aliphatic rings. The zero-order chi connectivity index (χ0) is 18.2. The average molecular weight is 411 g/mol. The zero-order valence-electron chi connectivity index (χ0n) is 15.5. The van der Waals surface area contributed by atoms with Crippen LogP contribution in [-0.4, -0.2) is 53.8 Å². The highest BCUT2D eigenvalue weighted by atomic mass is 79.9. The minimum atomic E-state index is -0.452. The fourth-order valence-electron chi connectivity index (χ4n) is 3.48. The smallest absolute Gasteiger partial charge is 0.410 e. The van der Waals surface area contributed by atoms with Gasteiger partial charge in [-0.05, 0) is 45.7 Å². The molecule has 1 saturated carbocycles. The summed E-state index contributed by atoms with van der Waals surface area (Å²) in [5, 5.41) is 0. The third kappa shape index (κ3) is 4.11. The molecular weight excluding hydrogens is 384 g/mol. The molecule has 1 aromatic rings. The van der Waals surface area contributed by atoms with Crippen LogP contribution in [0.2, 0.25) is 0 Å². The lowest BCUT2D eigenvalue weighted by Crippen LogP contribution is -2.57. The van der Waals surface area contributed by atoms with Crippen LogP contribution < -0.4 is 4.74 Å². The largest absolute Gasteiger partial charge is 0.496 e. The number of halogens is 1. The van der Waals surface area contributed by atoms with Crippen molar-refractivity contribution in [3.05, 3.63) is 28.2 Å². The van der Waals surface area contributed by atoms with Crippen LogP contribution in [-0.2, 0) is 11.3 Å². The number of nitrogens with zero attached hydrogens (tertiary/aromatic N) is 2. The van der Waals surface area contributed by atoms with Gasteiger partial charge in [0.15, 0.2) is 0 Å². The molecule has 0 atom stereocenters. The predicted molar refractivity (Wildman–Crippen MR) is 101 cm³/mol. The van der Waals surface area contributed by atoms with Crippen LogP contribution in [0.25, 0.3) is 0 Å². The predicted octanol–water partition coefficient (Wildman–Crippen LogP) is 4.04. The summed E-state index contributed by atoms with van der Waals surface area (Å²) < 4.78 is 12.2. The van der Waals surface area contributed by atoms with Gasteiger partial charge in [0.1, 0.15) is 11.4 Å². The number of piperazine rings is 1. The lowest BCUT2D eigenvalue weighted by atomic mass is 10.1. The van der Waals surface area contributed by atoms with E-state index in [-0.39, 0.29) is 11.6 Å². The topological polar surface area (TPSA) is 42.0 Å². The molecule has 138 valence electrons. The molecular formula is C19H27BrN2O3. The Morgan fingerprint density at radius 2 is 2.00 bits per heavy atom. The van der Waals surface area contributed by atoms with E-state index < -0.39 is 5.60 Å². The number of carbonyl (C=O) groups excluding carboxylic acids is 1. The normalized spacial score (nSPS) is 19.8. The Kier molecular flexibility index (Phi) is 5.04. The number of carbonyl (C=O) groups is 1. The Balaban J connectivity index is 1.69. The number of hydrogen-bond donors (Lipinski definition) is 0. The fraction of sp³-hybridized carbons (Fsp3) is 0.632. The fourth-order valence-corrected chi connectivity index (χ4v) is 3.95. The number of methoxy groups -OCH3 is 1. The maximum Gasteiger partial charge on any atom is 0.410 e. The van der Waals surface area contributed by atoms with E-state index >= 15 is 0 Å². The number of rotatable bonds is 3. The molecule has 1 heterocycles. The second-order valence-electron chi connectivity index (χ2n) is 7.99. The van der Waals surface area contributed by atoms with Crippen molar-refractivity contribution in [3.63, 3.8) is 0 Å². The molecule has 0 radical (unpaired) electrons. The SMILES string of the molecule is COc1cccc(Br)c1CN1CCN(C(=O)OC(C)(C)C)C2(CC2)C1. The van der Waals surface area contributed by atoms with Gasteiger partial charge in [-0.2, -0.15) is 0 Å². The zero-order valence-corrected chi connectivity index (χ0v) is 17.1. The van der Waals surface area contributed by atoms with Crippen LogP contribution in [0.4, 0.5) is 4.79 Å². The second kappa shape index (κ2) is 6.80. The summed E-state index contributed by atoms with van der Waals surface area (Å²) in [5.41, 5.74) is 0.660. The van der Waals surface area contributed by atoms with Crippen molar-refractivity contribution in [2.24, 2.45) is 0 Å². The van der Waals surface area contributed by atoms with Crippen molar-refractivity contribution >= 4 is 22.0 Å². The lowest BCUT2D eigenvalue weighted by molar-refractivity contribution is -0.00819. The third-order valence-electron chi connectivity index (χ3n) is 4.85. The Morgan fingerprint density at radius 1 is 1.28 bits per heavy atom. The van der Waals surface area contributed by atoms with E-state index in [0.717, 1.165) is 48.3 Å². The molecule has 0 N–H and O–H groups in total. The van der Waals surface area contributed by atoms with Gasteiger partial charge < -0.3 is 9.47 Å². The summed E-state index contributed by atoms with van der Waals surface area (Å²) in [6.45, 7) is 9.00. The molecule has 1 amide bonds. The number of amides is 1. The van der Waals surface area contributed by atoms with Crippen LogP contribution >= 0.6 is 15.9 Å². The maximum absolute atomic E-state index is 12.5. The van der Waals surface area contributed by atoms with Gasteiger partial charge in [0, 0.05) is 36.2 Å². The van der Waals surface area contributed by atoms with Crippen molar-refractivity contribution < 1.29 is 14.3 Å². The quantitative estimate of drug-likeness (QED) is 0.753. The number of ether oxygens (including phenoxy) is 2. The van der Waals surface area contributed by atoms with Crippen molar-refractivity contribution in [3.8, 4) is 5.75 Å². The molecule has 1 spiro atoms. The van der Waals surface area contributed by atoms with E-state index in [4.69, 9.17) is 9.47 Å². The highest BCUT2D eigenvalue weighted by Gasteiger charge is 2.54. The Hall–Kier alpha value is -1.27. The van der Waals surface area contributed by atoms with Crippen molar-refractivity contribution in [2.75, 3.05) is 26.7 Å². The maximum atomic E-state index is 12.5. The summed E-state index contributed by atoms with van der Waals surface area (Å²) in [6, 6.07) is 6.01. The van der Waals surface area contributed by atoms with E-state index in [1.54, 1.807) is 7.11 Å². The van der Waals surface area contributed by atoms with Gasteiger partial charge in [-0.15, -0.1) is 0 Å². The van der Waals surface area contributed by atoms with E-state index in [0.29, 0.717) is 6.54 Å². The lowest BCUT2D eigenvalue weighted by Gasteiger charge is -2.42. The summed E-state index contributed by atoms with van der Waals surface area (Å²) >= 11 is 3.64. The van der Waals surface area contributed by atoms with Crippen LogP contribution in [0, 0.1) is 0 Å². The van der Waals surface area contributed by atoms with Crippen LogP contribution in [0.15, 0.2) is 22.7 Å². The first-order valence-electron chi connectivity index (χ1n) is 8.78. The van der Waals surface area contributed by atoms with Crippen molar-refractivity contribution in [1.29, 1.82) is 0 Å². The van der Waals surface area contributed by atoms with Gasteiger partial charge in [-0.25, -0.2) is 4.79 Å². The van der Waals surface area contributed by atoms with Crippen LogP contribution in [0.1, 0.15) is 39.2 Å². The molecule has 0 aromatic heterocycles. The minimum absolute atomic E-state index is 0.0466. The molecule has 5 nitrogen and oxygen atoms in total. The first-order valence-corrected chi connectivity index (χ1v) is 9.58. The van der Waals surface area contributed by atoms with E-state index in [1.807, 2.05) is 43.9 Å². The van der Waals surface area contributed by atoms with Gasteiger partial charge in [-0.1, -0.05) is 22.0 Å². The van der Waals surface area contributed by atoms with E-state index in [9.17, 15) is 4.79 Å². The van der Waals surface area contributed by atoms with Gasteiger partial charge in [0.2, 0.25) is 0 Å². The average Bonchev–Trinajstić information content (AvgIpc) is 3.27. The highest BCUT2D eigenvalue weighted by Crippen LogP contribution is 2.45. The summed E-state index contributed by atoms with van der Waals surface area (Å²) in [7, 11) is 1.70. The Labute approximate surface area is 158 Å². The summed E-state index contributed by atoms with van der Waals surface area (Å²) in [5.74, 6) is 0.897. The Morgan fingerprint density at radius 3 is 2.60 bits per heavy atom. The number of hydrogen-bond acceptors (Lipinski definition) is 4. The van der Waals surface area contributed by atoms with Crippen LogP contribution in [0.3, 0.4) is 0 Å². The molecule has 25 heavy (non-hydrogen) atoms. The second-order valence-corrected chi connectivity index (χ2v) is 8.84. The van der Waals surface area contributed by atoms with E-state index in [2.05, 4.69) is 20.8 Å². The Bertz CT molecular complexity index is 653. The molecule has 2 fully saturated rings. The molecule has 0 unspecified atom stereocenters. The van der Waals surface area contributed by atoms with E-state index in [1.165, 1.54) is 0 Å².